The molecule has 0 radical (unpaired) electrons. The maximum Gasteiger partial charge on any atom is 0.253 e. The Morgan fingerprint density at radius 3 is 2.80 bits per heavy atom. The summed E-state index contributed by atoms with van der Waals surface area (Å²) >= 11 is 1.58. The first kappa shape index (κ1) is 16.0. The van der Waals surface area contributed by atoms with Crippen LogP contribution in [-0.4, -0.2) is 34.2 Å². The van der Waals surface area contributed by atoms with Gasteiger partial charge in [0.15, 0.2) is 0 Å². The molecule has 7 heteroatoms. The average molecular weight is 353 g/mol. The van der Waals surface area contributed by atoms with E-state index in [0.29, 0.717) is 18.0 Å². The van der Waals surface area contributed by atoms with E-state index in [9.17, 15) is 4.79 Å². The number of carbonyl (C=O) groups excluding carboxylic acids is 1. The van der Waals surface area contributed by atoms with Crippen LogP contribution < -0.4 is 10.6 Å². The maximum atomic E-state index is 12.5. The van der Waals surface area contributed by atoms with E-state index in [-0.39, 0.29) is 5.91 Å². The summed E-state index contributed by atoms with van der Waals surface area (Å²) in [5, 5.41) is 16.5. The predicted molar refractivity (Wildman–Crippen MR) is 97.7 cm³/mol. The standard InChI is InChI=1S/C18H19N5OS/c1-11-14(7-15(21-11)12-5-3-2-4-6-12)17(24)20-10-16-22-23-18(25-16)13-8-19-9-13/h2-7,13,19,21H,8-10H2,1H3,(H,20,24). The zero-order valence-electron chi connectivity index (χ0n) is 13.9. The van der Waals surface area contributed by atoms with E-state index < -0.39 is 0 Å². The van der Waals surface area contributed by atoms with Gasteiger partial charge in [-0.25, -0.2) is 0 Å². The Bertz CT molecular complexity index is 882. The summed E-state index contributed by atoms with van der Waals surface area (Å²) in [6, 6.07) is 11.9. The van der Waals surface area contributed by atoms with Crippen molar-refractivity contribution in [1.82, 2.24) is 25.8 Å². The van der Waals surface area contributed by atoms with Gasteiger partial charge in [-0.15, -0.1) is 10.2 Å². The molecule has 0 saturated carbocycles. The van der Waals surface area contributed by atoms with Crippen molar-refractivity contribution in [3.63, 3.8) is 0 Å². The van der Waals surface area contributed by atoms with Crippen molar-refractivity contribution < 1.29 is 4.79 Å². The summed E-state index contributed by atoms with van der Waals surface area (Å²) in [4.78, 5) is 15.8. The molecular formula is C18H19N5OS. The summed E-state index contributed by atoms with van der Waals surface area (Å²) in [6.45, 7) is 4.24. The van der Waals surface area contributed by atoms with Crippen molar-refractivity contribution in [3.05, 3.63) is 57.7 Å². The summed E-state index contributed by atoms with van der Waals surface area (Å²) < 4.78 is 0. The fraction of sp³-hybridized carbons (Fsp3) is 0.278. The molecule has 1 aromatic carbocycles. The van der Waals surface area contributed by atoms with Crippen LogP contribution in [0.4, 0.5) is 0 Å². The molecule has 0 bridgehead atoms. The monoisotopic (exact) mass is 353 g/mol. The van der Waals surface area contributed by atoms with Gasteiger partial charge in [-0.2, -0.15) is 0 Å². The molecule has 3 aromatic rings. The van der Waals surface area contributed by atoms with Crippen LogP contribution in [0.1, 0.15) is 32.0 Å². The number of aromatic nitrogens is 3. The Hall–Kier alpha value is -2.51. The molecule has 1 aliphatic heterocycles. The van der Waals surface area contributed by atoms with E-state index in [2.05, 4.69) is 25.8 Å². The minimum absolute atomic E-state index is 0.0991. The highest BCUT2D eigenvalue weighted by Crippen LogP contribution is 2.24. The van der Waals surface area contributed by atoms with E-state index in [4.69, 9.17) is 0 Å². The summed E-state index contributed by atoms with van der Waals surface area (Å²) in [7, 11) is 0. The second-order valence-electron chi connectivity index (χ2n) is 6.16. The number of aromatic amines is 1. The molecule has 6 nitrogen and oxygen atoms in total. The SMILES string of the molecule is Cc1[nH]c(-c2ccccc2)cc1C(=O)NCc1nnc(C2CNC2)s1. The van der Waals surface area contributed by atoms with Crippen molar-refractivity contribution >= 4 is 17.2 Å². The molecule has 0 spiro atoms. The molecule has 1 amide bonds. The van der Waals surface area contributed by atoms with Gasteiger partial charge in [0.2, 0.25) is 0 Å². The van der Waals surface area contributed by atoms with Gasteiger partial charge in [0.1, 0.15) is 10.0 Å². The number of nitrogens with one attached hydrogen (secondary N) is 3. The predicted octanol–water partition coefficient (Wildman–Crippen LogP) is 2.46. The molecule has 2 aromatic heterocycles. The Kier molecular flexibility index (Phi) is 4.33. The minimum atomic E-state index is -0.0991. The number of aryl methyl sites for hydroxylation is 1. The molecule has 1 fully saturated rings. The van der Waals surface area contributed by atoms with Crippen molar-refractivity contribution in [3.8, 4) is 11.3 Å². The number of carbonyl (C=O) groups is 1. The normalized spacial score (nSPS) is 14.3. The smallest absolute Gasteiger partial charge is 0.253 e. The summed E-state index contributed by atoms with van der Waals surface area (Å²) in [5.41, 5.74) is 3.52. The van der Waals surface area contributed by atoms with Crippen LogP contribution in [0, 0.1) is 6.92 Å². The van der Waals surface area contributed by atoms with Gasteiger partial charge in [-0.1, -0.05) is 41.7 Å². The van der Waals surface area contributed by atoms with Gasteiger partial charge in [-0.05, 0) is 18.6 Å². The molecule has 1 aliphatic rings. The fourth-order valence-electron chi connectivity index (χ4n) is 2.78. The number of hydrogen-bond donors (Lipinski definition) is 3. The molecule has 4 rings (SSSR count). The molecule has 0 aliphatic carbocycles. The van der Waals surface area contributed by atoms with E-state index in [1.54, 1.807) is 11.3 Å². The topological polar surface area (TPSA) is 82.7 Å². The van der Waals surface area contributed by atoms with E-state index in [1.807, 2.05) is 43.3 Å². The second-order valence-corrected chi connectivity index (χ2v) is 7.25. The third-order valence-electron chi connectivity index (χ3n) is 4.36. The molecule has 3 heterocycles. The lowest BCUT2D eigenvalue weighted by atomic mass is 10.1. The Morgan fingerprint density at radius 2 is 2.08 bits per heavy atom. The molecule has 0 atom stereocenters. The second kappa shape index (κ2) is 6.78. The zero-order chi connectivity index (χ0) is 17.2. The maximum absolute atomic E-state index is 12.5. The molecule has 25 heavy (non-hydrogen) atoms. The van der Waals surface area contributed by atoms with E-state index >= 15 is 0 Å². The summed E-state index contributed by atoms with van der Waals surface area (Å²) in [6.07, 6.45) is 0. The lowest BCUT2D eigenvalue weighted by Gasteiger charge is -2.23. The highest BCUT2D eigenvalue weighted by molar-refractivity contribution is 7.11. The van der Waals surface area contributed by atoms with Crippen molar-refractivity contribution in [2.75, 3.05) is 13.1 Å². The van der Waals surface area contributed by atoms with Gasteiger partial charge in [0.05, 0.1) is 12.1 Å². The summed E-state index contributed by atoms with van der Waals surface area (Å²) in [5.74, 6) is 0.375. The zero-order valence-corrected chi connectivity index (χ0v) is 14.7. The van der Waals surface area contributed by atoms with Gasteiger partial charge in [0, 0.05) is 30.4 Å². The van der Waals surface area contributed by atoms with E-state index in [0.717, 1.165) is 40.1 Å². The van der Waals surface area contributed by atoms with Crippen LogP contribution in [0.2, 0.25) is 0 Å². The minimum Gasteiger partial charge on any atom is -0.358 e. The van der Waals surface area contributed by atoms with Gasteiger partial charge < -0.3 is 15.6 Å². The lowest BCUT2D eigenvalue weighted by Crippen LogP contribution is -2.39. The van der Waals surface area contributed by atoms with Crippen LogP contribution in [0.15, 0.2) is 36.4 Å². The Balaban J connectivity index is 1.42. The number of amides is 1. The molecule has 128 valence electrons. The van der Waals surface area contributed by atoms with Crippen LogP contribution >= 0.6 is 11.3 Å². The van der Waals surface area contributed by atoms with Crippen molar-refractivity contribution in [1.29, 1.82) is 0 Å². The highest BCUT2D eigenvalue weighted by atomic mass is 32.1. The molecule has 0 unspecified atom stereocenters. The van der Waals surface area contributed by atoms with Crippen molar-refractivity contribution in [2.24, 2.45) is 0 Å². The largest absolute Gasteiger partial charge is 0.358 e. The van der Waals surface area contributed by atoms with Crippen LogP contribution in [-0.2, 0) is 6.54 Å². The third-order valence-corrected chi connectivity index (χ3v) is 5.44. The first-order chi connectivity index (χ1) is 12.2. The van der Waals surface area contributed by atoms with Gasteiger partial charge in [-0.3, -0.25) is 4.79 Å². The molecule has 3 N–H and O–H groups in total. The average Bonchev–Trinajstić information content (AvgIpc) is 3.19. The highest BCUT2D eigenvalue weighted by Gasteiger charge is 2.23. The first-order valence-corrected chi connectivity index (χ1v) is 9.08. The van der Waals surface area contributed by atoms with Crippen LogP contribution in [0.25, 0.3) is 11.3 Å². The number of rotatable bonds is 5. The number of benzene rings is 1. The van der Waals surface area contributed by atoms with Crippen LogP contribution in [0.3, 0.4) is 0 Å². The fourth-order valence-corrected chi connectivity index (χ4v) is 3.67. The first-order valence-electron chi connectivity index (χ1n) is 8.27. The van der Waals surface area contributed by atoms with Gasteiger partial charge in [0.25, 0.3) is 5.91 Å². The Labute approximate surface area is 149 Å². The molecular weight excluding hydrogens is 334 g/mol. The quantitative estimate of drug-likeness (QED) is 0.658. The van der Waals surface area contributed by atoms with Gasteiger partial charge >= 0.3 is 0 Å². The number of H-pyrrole nitrogens is 1. The van der Waals surface area contributed by atoms with E-state index in [1.165, 1.54) is 0 Å². The Morgan fingerprint density at radius 1 is 1.28 bits per heavy atom. The third kappa shape index (κ3) is 3.33. The number of hydrogen-bond acceptors (Lipinski definition) is 5. The van der Waals surface area contributed by atoms with Crippen molar-refractivity contribution in [2.45, 2.75) is 19.4 Å². The lowest BCUT2D eigenvalue weighted by molar-refractivity contribution is 0.0950. The van der Waals surface area contributed by atoms with Crippen LogP contribution in [0.5, 0.6) is 0 Å². The molecule has 1 saturated heterocycles. The number of nitrogens with zero attached hydrogens (tertiary/aromatic N) is 2.